The number of ether oxygens (including phenoxy) is 1. The molecule has 0 spiro atoms. The molecule has 30 heavy (non-hydrogen) atoms. The molecule has 2 heterocycles. The van der Waals surface area contributed by atoms with Gasteiger partial charge in [0.1, 0.15) is 12.4 Å². The molecule has 0 amide bonds. The SMILES string of the molecule is C[Si-](C)(C)CCOCn1ccc2c(NC3C4CC5CC(C4)CC3C5)c(C=O)cnc21. The predicted molar refractivity (Wildman–Crippen MR) is 124 cm³/mol. The van der Waals surface area contributed by atoms with Gasteiger partial charge < -0.3 is 14.6 Å². The zero-order chi connectivity index (χ0) is 20.9. The minimum atomic E-state index is -1.09. The van der Waals surface area contributed by atoms with Crippen molar-refractivity contribution in [2.24, 2.45) is 23.7 Å². The van der Waals surface area contributed by atoms with Gasteiger partial charge in [-0.1, -0.05) is 0 Å². The third-order valence-electron chi connectivity index (χ3n) is 7.71. The van der Waals surface area contributed by atoms with Crippen LogP contribution in [0.4, 0.5) is 5.69 Å². The molecule has 2 aromatic rings. The van der Waals surface area contributed by atoms with Gasteiger partial charge >= 0.3 is 0 Å². The number of anilines is 1. The summed E-state index contributed by atoms with van der Waals surface area (Å²) in [7, 11) is -1.09. The Kier molecular flexibility index (Phi) is 5.26. The smallest absolute Gasteiger partial charge is 0.153 e. The predicted octanol–water partition coefficient (Wildman–Crippen LogP) is 5.40. The van der Waals surface area contributed by atoms with Crippen LogP contribution in [0.2, 0.25) is 25.7 Å². The maximum Gasteiger partial charge on any atom is 0.153 e. The van der Waals surface area contributed by atoms with E-state index in [0.717, 1.165) is 59.3 Å². The molecule has 0 aromatic carbocycles. The van der Waals surface area contributed by atoms with Crippen molar-refractivity contribution in [1.29, 1.82) is 0 Å². The first kappa shape index (κ1) is 20.3. The van der Waals surface area contributed by atoms with Gasteiger partial charge in [-0.2, -0.15) is 19.6 Å². The van der Waals surface area contributed by atoms with Crippen LogP contribution in [0.1, 0.15) is 42.5 Å². The van der Waals surface area contributed by atoms with Crippen LogP contribution >= 0.6 is 0 Å². The summed E-state index contributed by atoms with van der Waals surface area (Å²) in [5.74, 6) is 3.41. The minimum Gasteiger partial charge on any atom is -0.381 e. The number of pyridine rings is 1. The van der Waals surface area contributed by atoms with Crippen molar-refractivity contribution in [2.75, 3.05) is 11.9 Å². The highest BCUT2D eigenvalue weighted by Gasteiger charge is 2.48. The van der Waals surface area contributed by atoms with E-state index in [-0.39, 0.29) is 0 Å². The van der Waals surface area contributed by atoms with Crippen molar-refractivity contribution in [3.63, 3.8) is 0 Å². The Morgan fingerprint density at radius 1 is 1.17 bits per heavy atom. The fraction of sp³-hybridized carbons (Fsp3) is 0.667. The molecule has 6 rings (SSSR count). The average molecular weight is 426 g/mol. The van der Waals surface area contributed by atoms with Gasteiger partial charge in [0, 0.05) is 30.4 Å². The fourth-order valence-electron chi connectivity index (χ4n) is 6.38. The highest BCUT2D eigenvalue weighted by atomic mass is 28.3. The molecular formula is C24H35N3O2Si-. The first-order chi connectivity index (χ1) is 14.4. The number of nitrogens with zero attached hydrogens (tertiary/aromatic N) is 2. The molecule has 4 bridgehead atoms. The van der Waals surface area contributed by atoms with E-state index < -0.39 is 8.07 Å². The third kappa shape index (κ3) is 3.84. The lowest BCUT2D eigenvalue weighted by Crippen LogP contribution is -2.51. The summed E-state index contributed by atoms with van der Waals surface area (Å²) in [6, 6.07) is 3.75. The van der Waals surface area contributed by atoms with Crippen LogP contribution in [0.5, 0.6) is 0 Å². The van der Waals surface area contributed by atoms with E-state index in [9.17, 15) is 4.79 Å². The second-order valence-electron chi connectivity index (χ2n) is 11.2. The summed E-state index contributed by atoms with van der Waals surface area (Å²) in [4.78, 5) is 16.4. The molecule has 4 aliphatic rings. The standard InChI is InChI=1S/C24H35N3O2Si/c1-30(2,3)7-6-29-15-27-5-4-21-23(20(14-28)13-25-24(21)27)26-22-18-9-16-8-17(11-18)12-19(22)10-16/h4-5,13-14,16-19,22H,6-12,15H2,1-3H3,(H,25,26)/q-1. The van der Waals surface area contributed by atoms with Crippen molar-refractivity contribution in [3.05, 3.63) is 24.0 Å². The molecule has 163 valence electrons. The first-order valence-electron chi connectivity index (χ1n) is 11.7. The van der Waals surface area contributed by atoms with E-state index in [1.165, 1.54) is 32.1 Å². The molecule has 0 unspecified atom stereocenters. The summed E-state index contributed by atoms with van der Waals surface area (Å²) < 4.78 is 8.02. The molecule has 4 saturated carbocycles. The van der Waals surface area contributed by atoms with E-state index in [4.69, 9.17) is 4.74 Å². The lowest BCUT2D eigenvalue weighted by molar-refractivity contribution is 0.00756. The lowest BCUT2D eigenvalue weighted by atomic mass is 9.54. The van der Waals surface area contributed by atoms with Crippen LogP contribution in [-0.2, 0) is 11.5 Å². The van der Waals surface area contributed by atoms with Gasteiger partial charge in [-0.3, -0.25) is 4.79 Å². The summed E-state index contributed by atoms with van der Waals surface area (Å²) >= 11 is 0. The largest absolute Gasteiger partial charge is 0.381 e. The summed E-state index contributed by atoms with van der Waals surface area (Å²) in [6.07, 6.45) is 11.6. The summed E-state index contributed by atoms with van der Waals surface area (Å²) in [5.41, 5.74) is 2.56. The molecule has 0 aliphatic heterocycles. The molecule has 4 aliphatic carbocycles. The Bertz CT molecular complexity index is 904. The van der Waals surface area contributed by atoms with Crippen molar-refractivity contribution < 1.29 is 9.53 Å². The second kappa shape index (κ2) is 7.79. The molecular weight excluding hydrogens is 390 g/mol. The highest BCUT2D eigenvalue weighted by Crippen LogP contribution is 2.54. The number of nitrogens with one attached hydrogen (secondary N) is 1. The molecule has 0 saturated heterocycles. The Morgan fingerprint density at radius 3 is 2.50 bits per heavy atom. The maximum absolute atomic E-state index is 11.8. The van der Waals surface area contributed by atoms with Crippen molar-refractivity contribution >= 4 is 31.1 Å². The number of rotatable bonds is 8. The lowest BCUT2D eigenvalue weighted by Gasteiger charge is -2.54. The summed E-state index contributed by atoms with van der Waals surface area (Å²) in [6.45, 7) is 8.41. The van der Waals surface area contributed by atoms with E-state index in [1.807, 2.05) is 6.20 Å². The zero-order valence-corrected chi connectivity index (χ0v) is 19.6. The van der Waals surface area contributed by atoms with Gasteiger partial charge in [-0.05, 0) is 61.8 Å². The molecule has 4 fully saturated rings. The van der Waals surface area contributed by atoms with E-state index in [1.54, 1.807) is 6.20 Å². The van der Waals surface area contributed by atoms with Gasteiger partial charge in [0.15, 0.2) is 6.29 Å². The van der Waals surface area contributed by atoms with Gasteiger partial charge in [0.25, 0.3) is 0 Å². The maximum atomic E-state index is 11.8. The third-order valence-corrected chi connectivity index (χ3v) is 9.41. The molecule has 5 nitrogen and oxygen atoms in total. The van der Waals surface area contributed by atoms with Crippen LogP contribution < -0.4 is 5.32 Å². The van der Waals surface area contributed by atoms with Gasteiger partial charge in [-0.15, -0.1) is 14.1 Å². The molecule has 0 radical (unpaired) electrons. The second-order valence-corrected chi connectivity index (χ2v) is 16.8. The first-order valence-corrected chi connectivity index (χ1v) is 15.4. The molecule has 0 atom stereocenters. The Balaban J connectivity index is 1.36. The molecule has 6 heteroatoms. The molecule has 1 N–H and O–H groups in total. The summed E-state index contributed by atoms with van der Waals surface area (Å²) in [5, 5.41) is 4.91. The number of hydrogen-bond acceptors (Lipinski definition) is 4. The van der Waals surface area contributed by atoms with E-state index >= 15 is 0 Å². The van der Waals surface area contributed by atoms with Crippen LogP contribution in [-0.4, -0.2) is 36.6 Å². The minimum absolute atomic E-state index is 0.499. The monoisotopic (exact) mass is 425 g/mol. The van der Waals surface area contributed by atoms with Gasteiger partial charge in [-0.25, -0.2) is 4.98 Å². The van der Waals surface area contributed by atoms with Crippen LogP contribution in [0, 0.1) is 23.7 Å². The van der Waals surface area contributed by atoms with Gasteiger partial charge in [0.05, 0.1) is 11.3 Å². The van der Waals surface area contributed by atoms with Crippen LogP contribution in [0.3, 0.4) is 0 Å². The Hall–Kier alpha value is -1.66. The van der Waals surface area contributed by atoms with Crippen molar-refractivity contribution in [1.82, 2.24) is 9.55 Å². The number of hydrogen-bond donors (Lipinski definition) is 1. The number of aldehydes is 1. The Morgan fingerprint density at radius 2 is 1.87 bits per heavy atom. The van der Waals surface area contributed by atoms with E-state index in [0.29, 0.717) is 18.3 Å². The van der Waals surface area contributed by atoms with Crippen molar-refractivity contribution in [3.8, 4) is 0 Å². The Labute approximate surface area is 180 Å². The number of carbonyl (C=O) groups is 1. The fourth-order valence-corrected chi connectivity index (χ4v) is 7.13. The molecule has 2 aromatic heterocycles. The topological polar surface area (TPSA) is 56.1 Å². The number of fused-ring (bicyclic) bond motifs is 1. The quantitative estimate of drug-likeness (QED) is 0.350. The van der Waals surface area contributed by atoms with Gasteiger partial charge in [0.2, 0.25) is 0 Å². The van der Waals surface area contributed by atoms with Crippen molar-refractivity contribution in [2.45, 2.75) is 70.6 Å². The average Bonchev–Trinajstić information content (AvgIpc) is 3.10. The van der Waals surface area contributed by atoms with Crippen LogP contribution in [0.25, 0.3) is 11.0 Å². The highest BCUT2D eigenvalue weighted by molar-refractivity contribution is 6.76. The zero-order valence-electron chi connectivity index (χ0n) is 18.6. The van der Waals surface area contributed by atoms with Crippen LogP contribution in [0.15, 0.2) is 18.5 Å². The normalized spacial score (nSPS) is 30.2. The number of carbonyl (C=O) groups excluding carboxylic acids is 1. The number of aromatic nitrogens is 2. The van der Waals surface area contributed by atoms with E-state index in [2.05, 4.69) is 40.6 Å².